The summed E-state index contributed by atoms with van der Waals surface area (Å²) in [6.07, 6.45) is 2.92. The third kappa shape index (κ3) is 4.44. The number of hydrogen-bond donors (Lipinski definition) is 1. The number of sulfonamides is 1. The predicted molar refractivity (Wildman–Crippen MR) is 102 cm³/mol. The average Bonchev–Trinajstić information content (AvgIpc) is 3.20. The molecule has 0 aliphatic rings. The molecule has 8 nitrogen and oxygen atoms in total. The Morgan fingerprint density at radius 1 is 1.21 bits per heavy atom. The van der Waals surface area contributed by atoms with Crippen LogP contribution in [0.25, 0.3) is 0 Å². The van der Waals surface area contributed by atoms with Gasteiger partial charge in [-0.1, -0.05) is 30.3 Å². The summed E-state index contributed by atoms with van der Waals surface area (Å²) in [5.74, 6) is -0.520. The molecule has 0 fully saturated rings. The van der Waals surface area contributed by atoms with E-state index >= 15 is 0 Å². The van der Waals surface area contributed by atoms with Crippen molar-refractivity contribution < 1.29 is 17.9 Å². The molecule has 9 heteroatoms. The number of hydrogen-bond acceptors (Lipinski definition) is 6. The van der Waals surface area contributed by atoms with Crippen molar-refractivity contribution in [2.45, 2.75) is 24.4 Å². The predicted octanol–water partition coefficient (Wildman–Crippen LogP) is 2.09. The van der Waals surface area contributed by atoms with E-state index in [1.807, 2.05) is 30.3 Å². The molecule has 1 heterocycles. The number of carbonyl (C=O) groups excluding carboxylic acids is 1. The van der Waals surface area contributed by atoms with Gasteiger partial charge < -0.3 is 4.74 Å². The Morgan fingerprint density at radius 3 is 2.57 bits per heavy atom. The Kier molecular flexibility index (Phi) is 5.86. The van der Waals surface area contributed by atoms with E-state index in [0.29, 0.717) is 11.1 Å². The average molecular weight is 400 g/mol. The number of nitrogens with one attached hydrogen (secondary N) is 1. The van der Waals surface area contributed by atoms with Crippen LogP contribution in [-0.2, 0) is 21.3 Å². The Bertz CT molecular complexity index is 1050. The molecule has 0 bridgehead atoms. The summed E-state index contributed by atoms with van der Waals surface area (Å²) < 4.78 is 35.1. The van der Waals surface area contributed by atoms with Crippen LogP contribution in [0.1, 0.15) is 27.5 Å². The van der Waals surface area contributed by atoms with Gasteiger partial charge in [-0.25, -0.2) is 22.9 Å². The molecule has 0 spiro atoms. The van der Waals surface area contributed by atoms with Gasteiger partial charge in [0.2, 0.25) is 10.0 Å². The standard InChI is InChI=1S/C19H20N4O4S/c1-14-10-16(19(24)27-2)8-9-18(14)28(25,26)22-17(11-23-13-20-12-21-23)15-6-4-3-5-7-15/h3-10,12-13,17,22H,11H2,1-2H3. The number of nitrogens with zero attached hydrogens (tertiary/aromatic N) is 3. The first-order chi connectivity index (χ1) is 13.4. The van der Waals surface area contributed by atoms with E-state index < -0.39 is 22.0 Å². The molecule has 1 aromatic heterocycles. The summed E-state index contributed by atoms with van der Waals surface area (Å²) in [5, 5.41) is 4.06. The van der Waals surface area contributed by atoms with Crippen molar-refractivity contribution in [2.75, 3.05) is 7.11 Å². The minimum atomic E-state index is -3.85. The highest BCUT2D eigenvalue weighted by atomic mass is 32.2. The summed E-state index contributed by atoms with van der Waals surface area (Å²) in [4.78, 5) is 15.7. The van der Waals surface area contributed by atoms with Crippen LogP contribution >= 0.6 is 0 Å². The minimum absolute atomic E-state index is 0.0969. The highest BCUT2D eigenvalue weighted by molar-refractivity contribution is 7.89. The Morgan fingerprint density at radius 2 is 1.96 bits per heavy atom. The molecule has 0 saturated carbocycles. The molecule has 146 valence electrons. The first kappa shape index (κ1) is 19.7. The zero-order valence-electron chi connectivity index (χ0n) is 15.4. The number of rotatable bonds is 7. The quantitative estimate of drug-likeness (QED) is 0.609. The lowest BCUT2D eigenvalue weighted by atomic mass is 10.1. The maximum Gasteiger partial charge on any atom is 0.337 e. The van der Waals surface area contributed by atoms with Crippen molar-refractivity contribution in [2.24, 2.45) is 0 Å². The van der Waals surface area contributed by atoms with Crippen LogP contribution in [-0.4, -0.2) is 36.3 Å². The second-order valence-corrected chi connectivity index (χ2v) is 7.86. The van der Waals surface area contributed by atoms with Gasteiger partial charge in [0.15, 0.2) is 0 Å². The fourth-order valence-corrected chi connectivity index (χ4v) is 4.30. The summed E-state index contributed by atoms with van der Waals surface area (Å²) in [7, 11) is -2.58. The molecule has 0 amide bonds. The van der Waals surface area contributed by atoms with Gasteiger partial charge in [0.1, 0.15) is 12.7 Å². The van der Waals surface area contributed by atoms with Crippen molar-refractivity contribution >= 4 is 16.0 Å². The van der Waals surface area contributed by atoms with E-state index in [1.165, 1.54) is 38.0 Å². The number of aromatic nitrogens is 3. The van der Waals surface area contributed by atoms with Gasteiger partial charge in [0.25, 0.3) is 0 Å². The van der Waals surface area contributed by atoms with Gasteiger partial charge >= 0.3 is 5.97 Å². The van der Waals surface area contributed by atoms with Gasteiger partial charge in [-0.05, 0) is 36.2 Å². The number of esters is 1. The minimum Gasteiger partial charge on any atom is -0.465 e. The third-order valence-corrected chi connectivity index (χ3v) is 5.85. The zero-order chi connectivity index (χ0) is 20.1. The molecular formula is C19H20N4O4S. The van der Waals surface area contributed by atoms with Crippen LogP contribution in [0.3, 0.4) is 0 Å². The van der Waals surface area contributed by atoms with Crippen LogP contribution in [0.2, 0.25) is 0 Å². The van der Waals surface area contributed by atoms with Crippen molar-refractivity contribution in [1.29, 1.82) is 0 Å². The van der Waals surface area contributed by atoms with E-state index in [1.54, 1.807) is 11.6 Å². The lowest BCUT2D eigenvalue weighted by Crippen LogP contribution is -2.32. The molecule has 0 aliphatic heterocycles. The van der Waals surface area contributed by atoms with E-state index in [2.05, 4.69) is 19.5 Å². The third-order valence-electron chi connectivity index (χ3n) is 4.22. The normalized spacial score (nSPS) is 12.5. The summed E-state index contributed by atoms with van der Waals surface area (Å²) >= 11 is 0. The molecule has 0 radical (unpaired) electrons. The van der Waals surface area contributed by atoms with Crippen LogP contribution in [0.5, 0.6) is 0 Å². The lowest BCUT2D eigenvalue weighted by Gasteiger charge is -2.20. The van der Waals surface area contributed by atoms with E-state index in [4.69, 9.17) is 0 Å². The van der Waals surface area contributed by atoms with Crippen molar-refractivity contribution in [3.8, 4) is 0 Å². The first-order valence-electron chi connectivity index (χ1n) is 8.49. The fourth-order valence-electron chi connectivity index (χ4n) is 2.86. The summed E-state index contributed by atoms with van der Waals surface area (Å²) in [6.45, 7) is 1.92. The molecule has 3 rings (SSSR count). The molecule has 2 aromatic carbocycles. The number of methoxy groups -OCH3 is 1. The Balaban J connectivity index is 1.92. The summed E-state index contributed by atoms with van der Waals surface area (Å²) in [6, 6.07) is 13.0. The molecule has 1 unspecified atom stereocenters. The monoisotopic (exact) mass is 400 g/mol. The van der Waals surface area contributed by atoms with E-state index in [9.17, 15) is 13.2 Å². The van der Waals surface area contributed by atoms with Gasteiger partial charge in [-0.3, -0.25) is 4.68 Å². The maximum absolute atomic E-state index is 13.0. The summed E-state index contributed by atoms with van der Waals surface area (Å²) in [5.41, 5.74) is 1.54. The maximum atomic E-state index is 13.0. The Labute approximate surface area is 163 Å². The highest BCUT2D eigenvalue weighted by Crippen LogP contribution is 2.22. The fraction of sp³-hybridized carbons (Fsp3) is 0.211. The van der Waals surface area contributed by atoms with Crippen molar-refractivity contribution in [3.63, 3.8) is 0 Å². The molecule has 0 saturated heterocycles. The number of benzene rings is 2. The van der Waals surface area contributed by atoms with Gasteiger partial charge in [-0.2, -0.15) is 5.10 Å². The highest BCUT2D eigenvalue weighted by Gasteiger charge is 2.24. The van der Waals surface area contributed by atoms with E-state index in [-0.39, 0.29) is 11.4 Å². The van der Waals surface area contributed by atoms with Crippen LogP contribution in [0, 0.1) is 6.92 Å². The van der Waals surface area contributed by atoms with Gasteiger partial charge in [0.05, 0.1) is 30.2 Å². The number of ether oxygens (including phenoxy) is 1. The van der Waals surface area contributed by atoms with Crippen molar-refractivity contribution in [3.05, 3.63) is 77.9 Å². The van der Waals surface area contributed by atoms with Gasteiger partial charge in [-0.15, -0.1) is 0 Å². The first-order valence-corrected chi connectivity index (χ1v) is 9.97. The lowest BCUT2D eigenvalue weighted by molar-refractivity contribution is 0.0600. The van der Waals surface area contributed by atoms with Crippen LogP contribution < -0.4 is 4.72 Å². The largest absolute Gasteiger partial charge is 0.465 e. The number of carbonyl (C=O) groups is 1. The zero-order valence-corrected chi connectivity index (χ0v) is 16.3. The van der Waals surface area contributed by atoms with E-state index in [0.717, 1.165) is 5.56 Å². The van der Waals surface area contributed by atoms with Crippen LogP contribution in [0.4, 0.5) is 0 Å². The number of aryl methyl sites for hydroxylation is 1. The Hall–Kier alpha value is -3.04. The second-order valence-electron chi connectivity index (χ2n) is 6.17. The molecular weight excluding hydrogens is 380 g/mol. The molecule has 28 heavy (non-hydrogen) atoms. The second kappa shape index (κ2) is 8.32. The topological polar surface area (TPSA) is 103 Å². The molecule has 3 aromatic rings. The smallest absolute Gasteiger partial charge is 0.337 e. The van der Waals surface area contributed by atoms with Gasteiger partial charge in [0, 0.05) is 0 Å². The van der Waals surface area contributed by atoms with Crippen LogP contribution in [0.15, 0.2) is 66.1 Å². The molecule has 0 aliphatic carbocycles. The molecule has 1 atom stereocenters. The van der Waals surface area contributed by atoms with Crippen molar-refractivity contribution in [1.82, 2.24) is 19.5 Å². The SMILES string of the molecule is COC(=O)c1ccc(S(=O)(=O)NC(Cn2cncn2)c2ccccc2)c(C)c1. The molecule has 1 N–H and O–H groups in total.